The van der Waals surface area contributed by atoms with E-state index in [-0.39, 0.29) is 33.2 Å². The van der Waals surface area contributed by atoms with Crippen molar-refractivity contribution in [3.8, 4) is 0 Å². The SMILES string of the molecule is CCN(C(=O)COC(=O)c1cc(Cl)cc(Cl)c1)C1CCS(=O)(=O)C1. The molecule has 1 fully saturated rings. The number of rotatable bonds is 5. The molecule has 6 nitrogen and oxygen atoms in total. The second-order valence-corrected chi connectivity index (χ2v) is 8.57. The molecule has 0 bridgehead atoms. The van der Waals surface area contributed by atoms with Gasteiger partial charge in [-0.2, -0.15) is 0 Å². The van der Waals surface area contributed by atoms with Crippen LogP contribution in [0.4, 0.5) is 0 Å². The molecule has 0 aromatic heterocycles. The summed E-state index contributed by atoms with van der Waals surface area (Å²) in [5.74, 6) is -1.13. The molecule has 2 rings (SSSR count). The Hall–Kier alpha value is -1.31. The number of hydrogen-bond donors (Lipinski definition) is 0. The van der Waals surface area contributed by atoms with Crippen molar-refractivity contribution in [2.75, 3.05) is 24.7 Å². The first kappa shape index (κ1) is 19.0. The second kappa shape index (κ2) is 7.72. The van der Waals surface area contributed by atoms with Gasteiger partial charge in [-0.05, 0) is 31.5 Å². The fraction of sp³-hybridized carbons (Fsp3) is 0.467. The number of sulfone groups is 1. The van der Waals surface area contributed by atoms with Gasteiger partial charge in [-0.15, -0.1) is 0 Å². The molecule has 1 atom stereocenters. The topological polar surface area (TPSA) is 80.8 Å². The first-order valence-corrected chi connectivity index (χ1v) is 9.92. The Morgan fingerprint density at radius 2 is 1.88 bits per heavy atom. The molecule has 1 aliphatic rings. The van der Waals surface area contributed by atoms with Crippen LogP contribution >= 0.6 is 23.2 Å². The van der Waals surface area contributed by atoms with Gasteiger partial charge in [0.05, 0.1) is 17.1 Å². The molecular formula is C15H17Cl2NO5S. The molecule has 0 spiro atoms. The number of amides is 1. The van der Waals surface area contributed by atoms with E-state index in [0.717, 1.165) is 0 Å². The van der Waals surface area contributed by atoms with Crippen LogP contribution in [0.3, 0.4) is 0 Å². The van der Waals surface area contributed by atoms with E-state index in [9.17, 15) is 18.0 Å². The van der Waals surface area contributed by atoms with Crippen molar-refractivity contribution in [1.82, 2.24) is 4.90 Å². The van der Waals surface area contributed by atoms with E-state index in [1.54, 1.807) is 6.92 Å². The number of nitrogens with zero attached hydrogens (tertiary/aromatic N) is 1. The Labute approximate surface area is 150 Å². The molecule has 1 unspecified atom stereocenters. The molecule has 0 aliphatic carbocycles. The first-order chi connectivity index (χ1) is 11.2. The van der Waals surface area contributed by atoms with Gasteiger partial charge in [0.2, 0.25) is 0 Å². The minimum atomic E-state index is -3.10. The van der Waals surface area contributed by atoms with Gasteiger partial charge in [-0.1, -0.05) is 23.2 Å². The van der Waals surface area contributed by atoms with Crippen molar-refractivity contribution in [2.45, 2.75) is 19.4 Å². The molecule has 1 aromatic carbocycles. The quantitative estimate of drug-likeness (QED) is 0.716. The molecule has 9 heteroatoms. The maximum atomic E-state index is 12.2. The number of likely N-dealkylation sites (N-methyl/N-ethyl adjacent to an activating group) is 1. The summed E-state index contributed by atoms with van der Waals surface area (Å²) >= 11 is 11.6. The van der Waals surface area contributed by atoms with Crippen LogP contribution in [0.2, 0.25) is 10.0 Å². The highest BCUT2D eigenvalue weighted by molar-refractivity contribution is 7.91. The summed E-state index contributed by atoms with van der Waals surface area (Å²) in [4.78, 5) is 25.7. The normalized spacial score (nSPS) is 19.0. The van der Waals surface area contributed by atoms with E-state index in [0.29, 0.717) is 13.0 Å². The lowest BCUT2D eigenvalue weighted by Gasteiger charge is -2.26. The number of carbonyl (C=O) groups excluding carboxylic acids is 2. The second-order valence-electron chi connectivity index (χ2n) is 5.47. The zero-order valence-corrected chi connectivity index (χ0v) is 15.3. The van der Waals surface area contributed by atoms with Crippen molar-refractivity contribution in [3.05, 3.63) is 33.8 Å². The van der Waals surface area contributed by atoms with Crippen molar-refractivity contribution in [3.63, 3.8) is 0 Å². The Bertz CT molecular complexity index is 730. The van der Waals surface area contributed by atoms with Crippen LogP contribution in [0.25, 0.3) is 0 Å². The van der Waals surface area contributed by atoms with Gasteiger partial charge in [0, 0.05) is 22.6 Å². The van der Waals surface area contributed by atoms with Crippen LogP contribution < -0.4 is 0 Å². The summed E-state index contributed by atoms with van der Waals surface area (Å²) in [7, 11) is -3.10. The fourth-order valence-electron chi connectivity index (χ4n) is 2.62. The molecule has 1 saturated heterocycles. The van der Waals surface area contributed by atoms with Crippen LogP contribution in [-0.2, 0) is 19.4 Å². The monoisotopic (exact) mass is 393 g/mol. The highest BCUT2D eigenvalue weighted by Crippen LogP contribution is 2.20. The van der Waals surface area contributed by atoms with E-state index in [2.05, 4.69) is 0 Å². The predicted octanol–water partition coefficient (Wildman–Crippen LogP) is 2.19. The summed E-state index contributed by atoms with van der Waals surface area (Å²) in [6, 6.07) is 3.89. The van der Waals surface area contributed by atoms with Crippen LogP contribution in [0.15, 0.2) is 18.2 Å². The van der Waals surface area contributed by atoms with Gasteiger partial charge >= 0.3 is 5.97 Å². The van der Waals surface area contributed by atoms with E-state index >= 15 is 0 Å². The van der Waals surface area contributed by atoms with Crippen molar-refractivity contribution in [2.24, 2.45) is 0 Å². The van der Waals surface area contributed by atoms with Crippen LogP contribution in [-0.4, -0.2) is 55.9 Å². The molecule has 0 radical (unpaired) electrons. The lowest BCUT2D eigenvalue weighted by molar-refractivity contribution is -0.136. The zero-order chi connectivity index (χ0) is 17.9. The standard InChI is InChI=1S/C15H17Cl2NO5S/c1-2-18(13-3-4-24(21,22)9-13)14(19)8-23-15(20)10-5-11(16)7-12(17)6-10/h5-7,13H,2-4,8-9H2,1H3. The number of carbonyl (C=O) groups is 2. The molecule has 1 amide bonds. The molecule has 1 aliphatic heterocycles. The van der Waals surface area contributed by atoms with Gasteiger partial charge in [0.25, 0.3) is 5.91 Å². The third kappa shape index (κ3) is 4.84. The van der Waals surface area contributed by atoms with E-state index in [4.69, 9.17) is 27.9 Å². The average Bonchev–Trinajstić information content (AvgIpc) is 2.84. The minimum Gasteiger partial charge on any atom is -0.452 e. The zero-order valence-electron chi connectivity index (χ0n) is 13.0. The van der Waals surface area contributed by atoms with Crippen LogP contribution in [0.1, 0.15) is 23.7 Å². The Morgan fingerprint density at radius 1 is 1.25 bits per heavy atom. The summed E-state index contributed by atoms with van der Waals surface area (Å²) in [6.45, 7) is 1.63. The van der Waals surface area contributed by atoms with Gasteiger partial charge in [-0.25, -0.2) is 13.2 Å². The number of halogens is 2. The van der Waals surface area contributed by atoms with Crippen molar-refractivity contribution in [1.29, 1.82) is 0 Å². The first-order valence-electron chi connectivity index (χ1n) is 7.35. The van der Waals surface area contributed by atoms with E-state index < -0.39 is 28.3 Å². The summed E-state index contributed by atoms with van der Waals surface area (Å²) in [6.07, 6.45) is 0.403. The smallest absolute Gasteiger partial charge is 0.338 e. The third-order valence-corrected chi connectivity index (χ3v) is 5.92. The lowest BCUT2D eigenvalue weighted by atomic mass is 10.2. The van der Waals surface area contributed by atoms with Crippen molar-refractivity contribution < 1.29 is 22.7 Å². The number of ether oxygens (including phenoxy) is 1. The highest BCUT2D eigenvalue weighted by Gasteiger charge is 2.34. The number of esters is 1. The minimum absolute atomic E-state index is 0.0512. The molecule has 0 N–H and O–H groups in total. The molecule has 1 aromatic rings. The summed E-state index contributed by atoms with van der Waals surface area (Å²) < 4.78 is 28.1. The maximum Gasteiger partial charge on any atom is 0.338 e. The van der Waals surface area contributed by atoms with E-state index in [1.165, 1.54) is 23.1 Å². The average molecular weight is 394 g/mol. The molecule has 24 heavy (non-hydrogen) atoms. The van der Waals surface area contributed by atoms with Crippen LogP contribution in [0, 0.1) is 0 Å². The maximum absolute atomic E-state index is 12.2. The Kier molecular flexibility index (Phi) is 6.11. The summed E-state index contributed by atoms with van der Waals surface area (Å²) in [5, 5.41) is 0.569. The molecule has 1 heterocycles. The summed E-state index contributed by atoms with van der Waals surface area (Å²) in [5.41, 5.74) is 0.145. The van der Waals surface area contributed by atoms with Crippen molar-refractivity contribution >= 4 is 44.9 Å². The lowest BCUT2D eigenvalue weighted by Crippen LogP contribution is -2.43. The number of benzene rings is 1. The Balaban J connectivity index is 1.97. The van der Waals surface area contributed by atoms with Gasteiger partial charge in [-0.3, -0.25) is 4.79 Å². The van der Waals surface area contributed by atoms with Gasteiger partial charge in [0.15, 0.2) is 16.4 Å². The fourth-order valence-corrected chi connectivity index (χ4v) is 4.88. The Morgan fingerprint density at radius 3 is 2.38 bits per heavy atom. The predicted molar refractivity (Wildman–Crippen MR) is 91.2 cm³/mol. The largest absolute Gasteiger partial charge is 0.452 e. The molecule has 0 saturated carbocycles. The van der Waals surface area contributed by atoms with Crippen LogP contribution in [0.5, 0.6) is 0 Å². The third-order valence-electron chi connectivity index (χ3n) is 3.74. The molecular weight excluding hydrogens is 377 g/mol. The van der Waals surface area contributed by atoms with Gasteiger partial charge in [0.1, 0.15) is 0 Å². The van der Waals surface area contributed by atoms with Gasteiger partial charge < -0.3 is 9.64 Å². The molecule has 132 valence electrons. The number of hydrogen-bond acceptors (Lipinski definition) is 5. The van der Waals surface area contributed by atoms with E-state index in [1.807, 2.05) is 0 Å². The highest BCUT2D eigenvalue weighted by atomic mass is 35.5.